The van der Waals surface area contributed by atoms with E-state index in [-0.39, 0.29) is 11.5 Å². The zero-order chi connectivity index (χ0) is 17.6. The van der Waals surface area contributed by atoms with Crippen LogP contribution in [-0.4, -0.2) is 35.7 Å². The van der Waals surface area contributed by atoms with Gasteiger partial charge < -0.3 is 14.7 Å². The maximum atomic E-state index is 10.3. The summed E-state index contributed by atoms with van der Waals surface area (Å²) in [4.78, 5) is 2.64. The molecule has 0 bridgehead atoms. The number of nitrogens with zero attached hydrogens (tertiary/aromatic N) is 1. The Bertz CT molecular complexity index is 790. The summed E-state index contributed by atoms with van der Waals surface area (Å²) in [6, 6.07) is 16.8. The molecule has 2 aliphatic heterocycles. The van der Waals surface area contributed by atoms with Gasteiger partial charge in [0.15, 0.2) is 11.5 Å². The van der Waals surface area contributed by atoms with Gasteiger partial charge in [-0.1, -0.05) is 42.5 Å². The van der Waals surface area contributed by atoms with Crippen LogP contribution in [0.5, 0.6) is 11.5 Å². The van der Waals surface area contributed by atoms with Gasteiger partial charge >= 0.3 is 0 Å². The van der Waals surface area contributed by atoms with E-state index in [1.165, 1.54) is 24.0 Å². The van der Waals surface area contributed by atoms with E-state index in [9.17, 15) is 5.11 Å². The molecular formula is C23H27NO2. The number of aromatic hydroxyl groups is 1. The molecule has 0 amide bonds. The number of rotatable bonds is 3. The van der Waals surface area contributed by atoms with E-state index in [1.54, 1.807) is 6.07 Å². The fourth-order valence-corrected chi connectivity index (χ4v) is 5.68. The van der Waals surface area contributed by atoms with Crippen LogP contribution in [0, 0.1) is 5.92 Å². The van der Waals surface area contributed by atoms with Crippen molar-refractivity contribution in [3.8, 4) is 11.5 Å². The van der Waals surface area contributed by atoms with Crippen LogP contribution in [0.1, 0.15) is 36.8 Å². The molecule has 136 valence electrons. The molecule has 26 heavy (non-hydrogen) atoms. The van der Waals surface area contributed by atoms with Gasteiger partial charge in [-0.2, -0.15) is 0 Å². The van der Waals surface area contributed by atoms with Gasteiger partial charge in [-0.3, -0.25) is 0 Å². The maximum absolute atomic E-state index is 10.3. The van der Waals surface area contributed by atoms with Gasteiger partial charge in [0.25, 0.3) is 0 Å². The number of hydrogen-bond donors (Lipinski definition) is 1. The van der Waals surface area contributed by atoms with Crippen LogP contribution in [0.2, 0.25) is 0 Å². The minimum absolute atomic E-state index is 0.121. The van der Waals surface area contributed by atoms with E-state index in [4.69, 9.17) is 4.74 Å². The van der Waals surface area contributed by atoms with Gasteiger partial charge in [-0.05, 0) is 56.2 Å². The van der Waals surface area contributed by atoms with Gasteiger partial charge in [0.1, 0.15) is 6.10 Å². The summed E-state index contributed by atoms with van der Waals surface area (Å²) in [6.07, 6.45) is 6.15. The molecule has 1 saturated heterocycles. The number of phenols is 1. The lowest BCUT2D eigenvalue weighted by atomic mass is 9.58. The van der Waals surface area contributed by atoms with Crippen LogP contribution >= 0.6 is 0 Å². The van der Waals surface area contributed by atoms with E-state index in [0.717, 1.165) is 44.6 Å². The van der Waals surface area contributed by atoms with Gasteiger partial charge in [-0.25, -0.2) is 0 Å². The van der Waals surface area contributed by atoms with Crippen molar-refractivity contribution in [1.29, 1.82) is 0 Å². The average Bonchev–Trinajstić information content (AvgIpc) is 3.02. The van der Waals surface area contributed by atoms with Crippen molar-refractivity contribution in [3.05, 3.63) is 59.7 Å². The fourth-order valence-electron chi connectivity index (χ4n) is 5.68. The van der Waals surface area contributed by atoms with Gasteiger partial charge in [0, 0.05) is 24.1 Å². The monoisotopic (exact) mass is 349 g/mol. The van der Waals surface area contributed by atoms with Crippen LogP contribution in [0.3, 0.4) is 0 Å². The molecule has 2 aromatic rings. The third-order valence-electron chi connectivity index (χ3n) is 6.96. The minimum Gasteiger partial charge on any atom is -0.504 e. The first kappa shape index (κ1) is 16.2. The van der Waals surface area contributed by atoms with Crippen molar-refractivity contribution >= 4 is 0 Å². The molecule has 3 atom stereocenters. The molecule has 3 aliphatic rings. The first-order chi connectivity index (χ1) is 12.8. The summed E-state index contributed by atoms with van der Waals surface area (Å²) in [5, 5.41) is 10.3. The molecule has 2 fully saturated rings. The van der Waals surface area contributed by atoms with Crippen LogP contribution < -0.4 is 4.74 Å². The first-order valence-electron chi connectivity index (χ1n) is 10.0. The lowest BCUT2D eigenvalue weighted by Crippen LogP contribution is -2.56. The molecule has 2 heterocycles. The Morgan fingerprint density at radius 3 is 2.85 bits per heavy atom. The highest BCUT2D eigenvalue weighted by Crippen LogP contribution is 2.58. The Labute approximate surface area is 155 Å². The quantitative estimate of drug-likeness (QED) is 0.904. The smallest absolute Gasteiger partial charge is 0.165 e. The summed E-state index contributed by atoms with van der Waals surface area (Å²) in [6.45, 7) is 3.41. The molecule has 0 unspecified atom stereocenters. The molecular weight excluding hydrogens is 322 g/mol. The Morgan fingerprint density at radius 2 is 1.96 bits per heavy atom. The highest BCUT2D eigenvalue weighted by Gasteiger charge is 2.57. The van der Waals surface area contributed by atoms with E-state index in [0.29, 0.717) is 11.7 Å². The third-order valence-corrected chi connectivity index (χ3v) is 6.96. The predicted molar refractivity (Wildman–Crippen MR) is 103 cm³/mol. The summed E-state index contributed by atoms with van der Waals surface area (Å²) >= 11 is 0. The van der Waals surface area contributed by atoms with Crippen LogP contribution in [0.4, 0.5) is 0 Å². The zero-order valence-corrected chi connectivity index (χ0v) is 15.2. The normalized spacial score (nSPS) is 30.2. The van der Waals surface area contributed by atoms with Crippen LogP contribution in [-0.2, 0) is 11.8 Å². The van der Waals surface area contributed by atoms with E-state index in [1.807, 2.05) is 6.07 Å². The van der Waals surface area contributed by atoms with Gasteiger partial charge in [-0.15, -0.1) is 0 Å². The van der Waals surface area contributed by atoms with Gasteiger partial charge in [0.05, 0.1) is 0 Å². The molecule has 1 aliphatic carbocycles. The maximum Gasteiger partial charge on any atom is 0.165 e. The summed E-state index contributed by atoms with van der Waals surface area (Å²) in [5.41, 5.74) is 2.82. The average molecular weight is 349 g/mol. The fraction of sp³-hybridized carbons (Fsp3) is 0.478. The first-order valence-corrected chi connectivity index (χ1v) is 10.0. The topological polar surface area (TPSA) is 32.7 Å². The molecule has 2 aromatic carbocycles. The summed E-state index contributed by atoms with van der Waals surface area (Å²) in [5.74, 6) is 1.72. The predicted octanol–water partition coefficient (Wildman–Crippen LogP) is 4.14. The number of piperidine rings is 1. The molecule has 1 spiro atoms. The lowest BCUT2D eigenvalue weighted by Gasteiger charge is -2.51. The molecule has 1 saturated carbocycles. The Hall–Kier alpha value is -2.00. The molecule has 0 aromatic heterocycles. The second kappa shape index (κ2) is 6.31. The van der Waals surface area contributed by atoms with Crippen molar-refractivity contribution in [3.63, 3.8) is 0 Å². The number of para-hydroxylation sites is 1. The number of phenolic OH excluding ortho intramolecular Hbond substituents is 1. The SMILES string of the molecule is Oc1cccc2c1O[C@@H]1CCC[C@@H]3CN(CCc4ccccc4)CC[C@]231. The van der Waals surface area contributed by atoms with Crippen LogP contribution in [0.15, 0.2) is 48.5 Å². The number of fused-ring (bicyclic) bond motifs is 1. The Kier molecular flexibility index (Phi) is 3.93. The second-order valence-corrected chi connectivity index (χ2v) is 8.21. The summed E-state index contributed by atoms with van der Waals surface area (Å²) < 4.78 is 6.30. The van der Waals surface area contributed by atoms with Crippen LogP contribution in [0.25, 0.3) is 0 Å². The van der Waals surface area contributed by atoms with Crippen molar-refractivity contribution in [2.75, 3.05) is 19.6 Å². The third kappa shape index (κ3) is 2.44. The van der Waals surface area contributed by atoms with Crippen molar-refractivity contribution in [1.82, 2.24) is 4.90 Å². The Morgan fingerprint density at radius 1 is 1.08 bits per heavy atom. The highest BCUT2D eigenvalue weighted by molar-refractivity contribution is 5.54. The van der Waals surface area contributed by atoms with E-state index >= 15 is 0 Å². The Balaban J connectivity index is 1.37. The van der Waals surface area contributed by atoms with Gasteiger partial charge in [0.2, 0.25) is 0 Å². The molecule has 0 radical (unpaired) electrons. The minimum atomic E-state index is 0.121. The summed E-state index contributed by atoms with van der Waals surface area (Å²) in [7, 11) is 0. The number of likely N-dealkylation sites (tertiary alicyclic amines) is 1. The highest BCUT2D eigenvalue weighted by atomic mass is 16.5. The van der Waals surface area contributed by atoms with E-state index < -0.39 is 0 Å². The van der Waals surface area contributed by atoms with Crippen molar-refractivity contribution in [2.45, 2.75) is 43.6 Å². The standard InChI is InChI=1S/C23H27NO2/c25-20-10-5-9-19-22(20)26-21-11-4-8-18-16-24(15-13-23(18,19)21)14-12-17-6-2-1-3-7-17/h1-3,5-7,9-10,18,21,25H,4,8,11-16H2/t18-,21-,23-/m1/s1. The largest absolute Gasteiger partial charge is 0.504 e. The van der Waals surface area contributed by atoms with E-state index in [2.05, 4.69) is 41.3 Å². The number of hydrogen-bond acceptors (Lipinski definition) is 3. The van der Waals surface area contributed by atoms with Crippen molar-refractivity contribution < 1.29 is 9.84 Å². The van der Waals surface area contributed by atoms with Crippen molar-refractivity contribution in [2.24, 2.45) is 5.92 Å². The molecule has 3 nitrogen and oxygen atoms in total. The lowest BCUT2D eigenvalue weighted by molar-refractivity contribution is -0.00691. The second-order valence-electron chi connectivity index (χ2n) is 8.21. The zero-order valence-electron chi connectivity index (χ0n) is 15.2. The molecule has 1 N–H and O–H groups in total. The molecule has 5 rings (SSSR count). The molecule has 3 heteroatoms. The number of ether oxygens (including phenoxy) is 1. The number of benzene rings is 2.